The summed E-state index contributed by atoms with van der Waals surface area (Å²) in [4.78, 5) is 17.0. The van der Waals surface area contributed by atoms with E-state index in [9.17, 15) is 10.1 Å². The minimum absolute atomic E-state index is 0.0782. The summed E-state index contributed by atoms with van der Waals surface area (Å²) in [5, 5.41) is 13.5. The minimum atomic E-state index is -0.240. The molecule has 1 heterocycles. The summed E-state index contributed by atoms with van der Waals surface area (Å²) in [6.45, 7) is 0. The van der Waals surface area contributed by atoms with Crippen molar-refractivity contribution in [3.05, 3.63) is 42.0 Å². The fraction of sp³-hybridized carbons (Fsp3) is 0.227. The topological polar surface area (TPSA) is 103 Å². The number of fused-ring (bicyclic) bond motifs is 1. The number of anilines is 1. The van der Waals surface area contributed by atoms with Gasteiger partial charge in [0, 0.05) is 23.2 Å². The van der Waals surface area contributed by atoms with Crippen LogP contribution in [-0.4, -0.2) is 45.1 Å². The molecule has 0 spiro atoms. The van der Waals surface area contributed by atoms with Crippen LogP contribution in [0.4, 0.5) is 5.69 Å². The highest BCUT2D eigenvalue weighted by molar-refractivity contribution is 8.00. The van der Waals surface area contributed by atoms with E-state index >= 15 is 0 Å². The molecule has 1 N–H and O–H groups in total. The minimum Gasteiger partial charge on any atom is -0.493 e. The molecule has 0 aliphatic heterocycles. The number of nitrogens with one attached hydrogen (secondary N) is 1. The third-order valence-corrected chi connectivity index (χ3v) is 5.40. The molecule has 3 rings (SSSR count). The Morgan fingerprint density at radius 3 is 2.26 bits per heavy atom. The maximum atomic E-state index is 12.4. The number of nitriles is 1. The lowest BCUT2D eigenvalue weighted by Gasteiger charge is -2.11. The third-order valence-electron chi connectivity index (χ3n) is 4.41. The van der Waals surface area contributed by atoms with Gasteiger partial charge in [-0.1, -0.05) is 11.8 Å². The van der Waals surface area contributed by atoms with Crippen molar-refractivity contribution in [2.45, 2.75) is 5.03 Å². The largest absolute Gasteiger partial charge is 0.493 e. The SMILES string of the molecule is COc1ccc(NC(=O)CSc2nc3cc(OC)c(OC)cc3cc2C#N)cc1OC. The van der Waals surface area contributed by atoms with Crippen LogP contribution in [0.1, 0.15) is 5.56 Å². The number of rotatable bonds is 8. The number of hydrogen-bond acceptors (Lipinski definition) is 8. The van der Waals surface area contributed by atoms with Crippen molar-refractivity contribution in [1.29, 1.82) is 5.26 Å². The molecule has 2 aromatic carbocycles. The maximum absolute atomic E-state index is 12.4. The van der Waals surface area contributed by atoms with Crippen LogP contribution in [0.5, 0.6) is 23.0 Å². The summed E-state index contributed by atoms with van der Waals surface area (Å²) < 4.78 is 21.1. The molecule has 0 aliphatic rings. The first-order chi connectivity index (χ1) is 15.0. The first-order valence-electron chi connectivity index (χ1n) is 9.14. The van der Waals surface area contributed by atoms with Gasteiger partial charge in [0.05, 0.1) is 45.3 Å². The lowest BCUT2D eigenvalue weighted by Crippen LogP contribution is -2.14. The molecular formula is C22H21N3O5S. The van der Waals surface area contributed by atoms with Crippen LogP contribution in [0, 0.1) is 11.3 Å². The number of thioether (sulfide) groups is 1. The summed E-state index contributed by atoms with van der Waals surface area (Å²) >= 11 is 1.18. The van der Waals surface area contributed by atoms with Crippen molar-refractivity contribution in [2.75, 3.05) is 39.5 Å². The van der Waals surface area contributed by atoms with E-state index in [0.29, 0.717) is 44.8 Å². The Labute approximate surface area is 184 Å². The van der Waals surface area contributed by atoms with Crippen molar-refractivity contribution in [1.82, 2.24) is 4.98 Å². The number of amides is 1. The van der Waals surface area contributed by atoms with Gasteiger partial charge in [0.25, 0.3) is 0 Å². The monoisotopic (exact) mass is 439 g/mol. The summed E-state index contributed by atoms with van der Waals surface area (Å²) in [5.74, 6) is 2.01. The molecule has 0 saturated carbocycles. The normalized spacial score (nSPS) is 10.3. The van der Waals surface area contributed by atoms with Crippen LogP contribution in [-0.2, 0) is 4.79 Å². The highest BCUT2D eigenvalue weighted by Gasteiger charge is 2.14. The Kier molecular flexibility index (Phi) is 7.05. The van der Waals surface area contributed by atoms with Gasteiger partial charge in [0.1, 0.15) is 11.1 Å². The number of aromatic nitrogens is 1. The molecule has 3 aromatic rings. The molecular weight excluding hydrogens is 418 g/mol. The van der Waals surface area contributed by atoms with Crippen LogP contribution in [0.3, 0.4) is 0 Å². The van der Waals surface area contributed by atoms with Crippen LogP contribution >= 0.6 is 11.8 Å². The van der Waals surface area contributed by atoms with Crippen LogP contribution < -0.4 is 24.3 Å². The Balaban J connectivity index is 1.78. The zero-order valence-electron chi connectivity index (χ0n) is 17.5. The number of hydrogen-bond donors (Lipinski definition) is 1. The predicted molar refractivity (Wildman–Crippen MR) is 118 cm³/mol. The van der Waals surface area contributed by atoms with Gasteiger partial charge in [-0.05, 0) is 24.3 Å². The van der Waals surface area contributed by atoms with Gasteiger partial charge in [-0.3, -0.25) is 4.79 Å². The van der Waals surface area contributed by atoms with E-state index in [4.69, 9.17) is 18.9 Å². The highest BCUT2D eigenvalue weighted by atomic mass is 32.2. The van der Waals surface area contributed by atoms with Gasteiger partial charge in [-0.2, -0.15) is 5.26 Å². The summed E-state index contributed by atoms with van der Waals surface area (Å²) in [5.41, 5.74) is 1.59. The summed E-state index contributed by atoms with van der Waals surface area (Å²) in [6, 6.07) is 12.5. The predicted octanol–water partition coefficient (Wildman–Crippen LogP) is 3.87. The van der Waals surface area contributed by atoms with Gasteiger partial charge in [-0.25, -0.2) is 4.98 Å². The molecule has 31 heavy (non-hydrogen) atoms. The maximum Gasteiger partial charge on any atom is 0.234 e. The molecule has 0 radical (unpaired) electrons. The second-order valence-corrected chi connectivity index (χ2v) is 7.22. The third kappa shape index (κ3) is 4.92. The van der Waals surface area contributed by atoms with Gasteiger partial charge in [-0.15, -0.1) is 0 Å². The lowest BCUT2D eigenvalue weighted by atomic mass is 10.1. The number of carbonyl (C=O) groups is 1. The zero-order chi connectivity index (χ0) is 22.4. The second-order valence-electron chi connectivity index (χ2n) is 6.26. The molecule has 0 unspecified atom stereocenters. The molecule has 0 aliphatic carbocycles. The van der Waals surface area contributed by atoms with Crippen molar-refractivity contribution in [3.8, 4) is 29.1 Å². The Morgan fingerprint density at radius 2 is 1.61 bits per heavy atom. The molecule has 9 heteroatoms. The fourth-order valence-electron chi connectivity index (χ4n) is 2.92. The van der Waals surface area contributed by atoms with Crippen LogP contribution in [0.2, 0.25) is 0 Å². The Bertz CT molecular complexity index is 1160. The molecule has 1 aromatic heterocycles. The van der Waals surface area contributed by atoms with E-state index in [-0.39, 0.29) is 11.7 Å². The standard InChI is InChI=1S/C22H21N3O5S/c1-27-17-6-5-15(9-19(17)29-3)24-21(26)12-31-22-14(11-23)7-13-8-18(28-2)20(30-4)10-16(13)25-22/h5-10H,12H2,1-4H3,(H,24,26). The van der Waals surface area contributed by atoms with Gasteiger partial charge in [0.15, 0.2) is 23.0 Å². The number of nitrogens with zero attached hydrogens (tertiary/aromatic N) is 2. The van der Waals surface area contributed by atoms with Crippen molar-refractivity contribution >= 4 is 34.3 Å². The molecule has 0 fully saturated rings. The molecule has 1 amide bonds. The van der Waals surface area contributed by atoms with Crippen LogP contribution in [0.25, 0.3) is 10.9 Å². The zero-order valence-corrected chi connectivity index (χ0v) is 18.3. The van der Waals surface area contributed by atoms with Gasteiger partial charge in [0.2, 0.25) is 5.91 Å². The fourth-order valence-corrected chi connectivity index (χ4v) is 3.68. The lowest BCUT2D eigenvalue weighted by molar-refractivity contribution is -0.113. The molecule has 8 nitrogen and oxygen atoms in total. The van der Waals surface area contributed by atoms with E-state index in [1.54, 1.807) is 57.7 Å². The average Bonchev–Trinajstić information content (AvgIpc) is 2.80. The number of pyridine rings is 1. The Morgan fingerprint density at radius 1 is 0.968 bits per heavy atom. The first kappa shape index (κ1) is 22.1. The average molecular weight is 439 g/mol. The van der Waals surface area contributed by atoms with Crippen molar-refractivity contribution < 1.29 is 23.7 Å². The molecule has 160 valence electrons. The number of carbonyl (C=O) groups excluding carboxylic acids is 1. The van der Waals surface area contributed by atoms with Gasteiger partial charge >= 0.3 is 0 Å². The second kappa shape index (κ2) is 9.91. The van der Waals surface area contributed by atoms with Crippen LogP contribution in [0.15, 0.2) is 41.4 Å². The van der Waals surface area contributed by atoms with E-state index < -0.39 is 0 Å². The van der Waals surface area contributed by atoms with E-state index in [2.05, 4.69) is 16.4 Å². The molecule has 0 saturated heterocycles. The van der Waals surface area contributed by atoms with E-state index in [0.717, 1.165) is 5.39 Å². The molecule has 0 bridgehead atoms. The summed E-state index contributed by atoms with van der Waals surface area (Å²) in [6.07, 6.45) is 0. The molecule has 0 atom stereocenters. The quantitative estimate of drug-likeness (QED) is 0.528. The first-order valence-corrected chi connectivity index (χ1v) is 10.1. The summed E-state index contributed by atoms with van der Waals surface area (Å²) in [7, 11) is 6.16. The van der Waals surface area contributed by atoms with Crippen molar-refractivity contribution in [2.24, 2.45) is 0 Å². The van der Waals surface area contributed by atoms with E-state index in [1.165, 1.54) is 18.9 Å². The van der Waals surface area contributed by atoms with Gasteiger partial charge < -0.3 is 24.3 Å². The Hall–Kier alpha value is -3.64. The highest BCUT2D eigenvalue weighted by Crippen LogP contribution is 2.34. The van der Waals surface area contributed by atoms with E-state index in [1.807, 2.05) is 0 Å². The smallest absolute Gasteiger partial charge is 0.234 e. The number of benzene rings is 2. The number of ether oxygens (including phenoxy) is 4. The van der Waals surface area contributed by atoms with Crippen molar-refractivity contribution in [3.63, 3.8) is 0 Å². The number of methoxy groups -OCH3 is 4.